The van der Waals surface area contributed by atoms with Crippen molar-refractivity contribution < 1.29 is 17.6 Å². The van der Waals surface area contributed by atoms with E-state index >= 15 is 0 Å². The van der Waals surface area contributed by atoms with Crippen molar-refractivity contribution in [2.45, 2.75) is 11.4 Å². The van der Waals surface area contributed by atoms with Gasteiger partial charge in [-0.25, -0.2) is 12.8 Å². The average Bonchev–Trinajstić information content (AvgIpc) is 2.84. The lowest BCUT2D eigenvalue weighted by Crippen LogP contribution is -2.48. The van der Waals surface area contributed by atoms with E-state index in [1.165, 1.54) is 34.6 Å². The van der Waals surface area contributed by atoms with E-state index < -0.39 is 15.9 Å². The van der Waals surface area contributed by atoms with Gasteiger partial charge in [-0.1, -0.05) is 17.7 Å². The van der Waals surface area contributed by atoms with Crippen molar-refractivity contribution in [2.75, 3.05) is 31.1 Å². The van der Waals surface area contributed by atoms with Crippen LogP contribution in [0.4, 0.5) is 10.1 Å². The highest BCUT2D eigenvalue weighted by molar-refractivity contribution is 7.89. The Bertz CT molecular complexity index is 1230. The zero-order valence-electron chi connectivity index (χ0n) is 17.6. The SMILES string of the molecule is O=C(NCc1cccnc1)c1ccc(Cl)c(S(=O)(=O)N2CCN(c3ccc(F)cc3)CC2)c1. The third kappa shape index (κ3) is 5.32. The number of halogens is 2. The number of hydrogen-bond donors (Lipinski definition) is 1. The molecule has 1 aliphatic rings. The van der Waals surface area contributed by atoms with E-state index in [0.29, 0.717) is 13.1 Å². The first-order valence-electron chi connectivity index (χ1n) is 10.3. The van der Waals surface area contributed by atoms with Crippen LogP contribution in [0.2, 0.25) is 5.02 Å². The Kier molecular flexibility index (Phi) is 6.92. The summed E-state index contributed by atoms with van der Waals surface area (Å²) >= 11 is 6.23. The van der Waals surface area contributed by atoms with Gasteiger partial charge in [0.15, 0.2) is 0 Å². The molecule has 2 aromatic carbocycles. The Morgan fingerprint density at radius 3 is 2.45 bits per heavy atom. The van der Waals surface area contributed by atoms with Gasteiger partial charge in [0, 0.05) is 56.4 Å². The van der Waals surface area contributed by atoms with Crippen LogP contribution in [0.1, 0.15) is 15.9 Å². The number of anilines is 1. The minimum atomic E-state index is -3.90. The van der Waals surface area contributed by atoms with Gasteiger partial charge in [-0.2, -0.15) is 4.31 Å². The Morgan fingerprint density at radius 2 is 1.79 bits per heavy atom. The second kappa shape index (κ2) is 9.86. The van der Waals surface area contributed by atoms with Crippen molar-refractivity contribution in [3.05, 3.63) is 89.0 Å². The lowest BCUT2D eigenvalue weighted by molar-refractivity contribution is 0.0950. The maximum absolute atomic E-state index is 13.3. The molecule has 1 amide bonds. The topological polar surface area (TPSA) is 82.6 Å². The van der Waals surface area contributed by atoms with Crippen molar-refractivity contribution in [1.82, 2.24) is 14.6 Å². The molecule has 0 radical (unpaired) electrons. The number of rotatable bonds is 6. The summed E-state index contributed by atoms with van der Waals surface area (Å²) in [6.45, 7) is 1.66. The van der Waals surface area contributed by atoms with Gasteiger partial charge in [-0.15, -0.1) is 0 Å². The quantitative estimate of drug-likeness (QED) is 0.575. The largest absolute Gasteiger partial charge is 0.369 e. The molecule has 0 atom stereocenters. The van der Waals surface area contributed by atoms with Crippen molar-refractivity contribution in [2.24, 2.45) is 0 Å². The normalized spacial score (nSPS) is 14.8. The predicted molar refractivity (Wildman–Crippen MR) is 124 cm³/mol. The number of benzene rings is 2. The third-order valence-electron chi connectivity index (χ3n) is 5.42. The molecule has 3 aromatic rings. The van der Waals surface area contributed by atoms with Gasteiger partial charge < -0.3 is 10.2 Å². The number of aromatic nitrogens is 1. The number of nitrogens with zero attached hydrogens (tertiary/aromatic N) is 3. The summed E-state index contributed by atoms with van der Waals surface area (Å²) < 4.78 is 41.1. The highest BCUT2D eigenvalue weighted by Crippen LogP contribution is 2.27. The molecular weight excluding hydrogens is 467 g/mol. The number of hydrogen-bond acceptors (Lipinski definition) is 5. The van der Waals surface area contributed by atoms with Crippen molar-refractivity contribution in [3.8, 4) is 0 Å². The Labute approximate surface area is 196 Å². The molecule has 1 N–H and O–H groups in total. The standard InChI is InChI=1S/C23H22ClFN4O3S/c24-21-8-3-18(23(30)27-16-17-2-1-9-26-15-17)14-22(21)33(31,32)29-12-10-28(11-13-29)20-6-4-19(25)5-7-20/h1-9,14-15H,10-13,16H2,(H,27,30). The van der Waals surface area contributed by atoms with Gasteiger partial charge >= 0.3 is 0 Å². The van der Waals surface area contributed by atoms with Gasteiger partial charge in [-0.3, -0.25) is 9.78 Å². The van der Waals surface area contributed by atoms with E-state index in [0.717, 1.165) is 11.3 Å². The molecule has 4 rings (SSSR count). The molecule has 1 aromatic heterocycles. The highest BCUT2D eigenvalue weighted by Gasteiger charge is 2.31. The second-order valence-electron chi connectivity index (χ2n) is 7.56. The minimum absolute atomic E-state index is 0.0553. The maximum atomic E-state index is 13.3. The van der Waals surface area contributed by atoms with Gasteiger partial charge in [0.25, 0.3) is 5.91 Å². The molecule has 7 nitrogen and oxygen atoms in total. The number of pyridine rings is 1. The molecule has 2 heterocycles. The van der Waals surface area contributed by atoms with Crippen LogP contribution in [0.15, 0.2) is 71.9 Å². The van der Waals surface area contributed by atoms with Gasteiger partial charge in [0.1, 0.15) is 10.7 Å². The van der Waals surface area contributed by atoms with Gasteiger partial charge in [0.2, 0.25) is 10.0 Å². The molecule has 0 unspecified atom stereocenters. The Balaban J connectivity index is 1.46. The van der Waals surface area contributed by atoms with Crippen molar-refractivity contribution in [3.63, 3.8) is 0 Å². The summed E-state index contributed by atoms with van der Waals surface area (Å²) in [5.41, 5.74) is 1.86. The summed E-state index contributed by atoms with van der Waals surface area (Å²) in [5, 5.41) is 2.81. The Hall–Kier alpha value is -3.01. The minimum Gasteiger partial charge on any atom is -0.369 e. The van der Waals surface area contributed by atoms with E-state index in [-0.39, 0.29) is 40.9 Å². The second-order valence-corrected chi connectivity index (χ2v) is 9.87. The van der Waals surface area contributed by atoms with Crippen LogP contribution >= 0.6 is 11.6 Å². The summed E-state index contributed by atoms with van der Waals surface area (Å²) in [7, 11) is -3.90. The molecule has 1 aliphatic heterocycles. The number of amides is 1. The van der Waals surface area contributed by atoms with Crippen LogP contribution < -0.4 is 10.2 Å². The number of carbonyl (C=O) groups is 1. The molecule has 1 saturated heterocycles. The maximum Gasteiger partial charge on any atom is 0.251 e. The molecule has 33 heavy (non-hydrogen) atoms. The molecule has 0 aliphatic carbocycles. The fourth-order valence-corrected chi connectivity index (χ4v) is 5.53. The highest BCUT2D eigenvalue weighted by atomic mass is 35.5. The van der Waals surface area contributed by atoms with Crippen molar-refractivity contribution in [1.29, 1.82) is 0 Å². The number of sulfonamides is 1. The number of piperazine rings is 1. The summed E-state index contributed by atoms with van der Waals surface area (Å²) in [6.07, 6.45) is 3.28. The van der Waals surface area contributed by atoms with E-state index in [1.807, 2.05) is 11.0 Å². The van der Waals surface area contributed by atoms with Gasteiger partial charge in [-0.05, 0) is 54.1 Å². The first-order chi connectivity index (χ1) is 15.8. The third-order valence-corrected chi connectivity index (χ3v) is 7.80. The van der Waals surface area contributed by atoms with E-state index in [2.05, 4.69) is 10.3 Å². The van der Waals surface area contributed by atoms with Crippen LogP contribution in [0.3, 0.4) is 0 Å². The number of carbonyl (C=O) groups excluding carboxylic acids is 1. The Morgan fingerprint density at radius 1 is 1.06 bits per heavy atom. The van der Waals surface area contributed by atoms with Crippen LogP contribution in [0.25, 0.3) is 0 Å². The lowest BCUT2D eigenvalue weighted by atomic mass is 10.2. The fourth-order valence-electron chi connectivity index (χ4n) is 3.61. The molecule has 0 spiro atoms. The molecule has 0 saturated carbocycles. The lowest BCUT2D eigenvalue weighted by Gasteiger charge is -2.35. The number of nitrogens with one attached hydrogen (secondary N) is 1. The van der Waals surface area contributed by atoms with E-state index in [1.54, 1.807) is 30.6 Å². The first-order valence-corrected chi connectivity index (χ1v) is 12.1. The summed E-state index contributed by atoms with van der Waals surface area (Å²) in [6, 6.07) is 13.9. The zero-order valence-corrected chi connectivity index (χ0v) is 19.2. The molecule has 10 heteroatoms. The van der Waals surface area contributed by atoms with Crippen molar-refractivity contribution >= 4 is 33.2 Å². The monoisotopic (exact) mass is 488 g/mol. The van der Waals surface area contributed by atoms with E-state index in [9.17, 15) is 17.6 Å². The molecular formula is C23H22ClFN4O3S. The predicted octanol–water partition coefficient (Wildman–Crippen LogP) is 3.32. The van der Waals surface area contributed by atoms with Crippen LogP contribution in [-0.4, -0.2) is 49.8 Å². The first kappa shape index (κ1) is 23.2. The van der Waals surface area contributed by atoms with Crippen LogP contribution in [-0.2, 0) is 16.6 Å². The zero-order chi connectivity index (χ0) is 23.4. The molecule has 172 valence electrons. The molecule has 1 fully saturated rings. The smallest absolute Gasteiger partial charge is 0.251 e. The fraction of sp³-hybridized carbons (Fsp3) is 0.217. The van der Waals surface area contributed by atoms with Gasteiger partial charge in [0.05, 0.1) is 5.02 Å². The molecule has 0 bridgehead atoms. The van der Waals surface area contributed by atoms with E-state index in [4.69, 9.17) is 11.6 Å². The average molecular weight is 489 g/mol. The van der Waals surface area contributed by atoms with Crippen LogP contribution in [0, 0.1) is 5.82 Å². The summed E-state index contributed by atoms with van der Waals surface area (Å²) in [4.78, 5) is 18.5. The summed E-state index contributed by atoms with van der Waals surface area (Å²) in [5.74, 6) is -0.730. The van der Waals surface area contributed by atoms with Crippen LogP contribution in [0.5, 0.6) is 0 Å².